The Morgan fingerprint density at radius 2 is 2.08 bits per heavy atom. The Bertz CT molecular complexity index is 151. The van der Waals surface area contributed by atoms with Crippen molar-refractivity contribution in [3.8, 4) is 0 Å². The minimum absolute atomic E-state index is 0.510. The van der Waals surface area contributed by atoms with E-state index in [2.05, 4.69) is 30.3 Å². The van der Waals surface area contributed by atoms with Gasteiger partial charge in [-0.15, -0.1) is 0 Å². The maximum absolute atomic E-state index is 3.90. The van der Waals surface area contributed by atoms with Crippen molar-refractivity contribution in [2.45, 2.75) is 18.9 Å². The Morgan fingerprint density at radius 3 is 2.50 bits per heavy atom. The van der Waals surface area contributed by atoms with E-state index in [0.29, 0.717) is 6.04 Å². The average Bonchev–Trinajstić information content (AvgIpc) is 2.10. The summed E-state index contributed by atoms with van der Waals surface area (Å²) < 4.78 is 0. The lowest BCUT2D eigenvalue weighted by molar-refractivity contribution is 0.165. The van der Waals surface area contributed by atoms with Gasteiger partial charge < -0.3 is 4.90 Å². The van der Waals surface area contributed by atoms with Gasteiger partial charge in [0.15, 0.2) is 0 Å². The number of hydrogen-bond acceptors (Lipinski definition) is 3. The summed E-state index contributed by atoms with van der Waals surface area (Å²) in [6.07, 6.45) is 4.06. The third-order valence-corrected chi connectivity index (χ3v) is 2.41. The Hall–Kier alpha value is -0.830. The summed E-state index contributed by atoms with van der Waals surface area (Å²) in [5.74, 6) is 0. The van der Waals surface area contributed by atoms with Crippen molar-refractivity contribution < 1.29 is 0 Å². The molecule has 12 heavy (non-hydrogen) atoms. The van der Waals surface area contributed by atoms with Gasteiger partial charge in [-0.1, -0.05) is 6.58 Å². The lowest BCUT2D eigenvalue weighted by Crippen LogP contribution is -2.39. The summed E-state index contributed by atoms with van der Waals surface area (Å²) in [5.41, 5.74) is 0. The number of hydrazone groups is 1. The van der Waals surface area contributed by atoms with Crippen LogP contribution < -0.4 is 0 Å². The van der Waals surface area contributed by atoms with E-state index in [0.717, 1.165) is 25.9 Å². The molecule has 0 spiro atoms. The van der Waals surface area contributed by atoms with Gasteiger partial charge in [-0.2, -0.15) is 5.10 Å². The maximum atomic E-state index is 3.90. The first-order valence-corrected chi connectivity index (χ1v) is 4.34. The van der Waals surface area contributed by atoms with Crippen LogP contribution in [0.3, 0.4) is 0 Å². The molecule has 0 saturated carbocycles. The highest BCUT2D eigenvalue weighted by atomic mass is 15.5. The first-order chi connectivity index (χ1) is 5.77. The lowest BCUT2D eigenvalue weighted by atomic mass is 10.1. The van der Waals surface area contributed by atoms with Crippen LogP contribution in [-0.2, 0) is 0 Å². The number of likely N-dealkylation sites (tertiary alicyclic amines) is 1. The molecule has 0 unspecified atom stereocenters. The molecule has 0 amide bonds. The Balaban J connectivity index is 2.42. The van der Waals surface area contributed by atoms with Gasteiger partial charge in [0.2, 0.25) is 0 Å². The fourth-order valence-electron chi connectivity index (χ4n) is 1.58. The highest BCUT2D eigenvalue weighted by Gasteiger charge is 2.19. The molecule has 1 heterocycles. The van der Waals surface area contributed by atoms with Crippen LogP contribution in [0.15, 0.2) is 17.9 Å². The predicted molar refractivity (Wildman–Crippen MR) is 52.1 cm³/mol. The summed E-state index contributed by atoms with van der Waals surface area (Å²) in [5, 5.41) is 5.77. The van der Waals surface area contributed by atoms with Crippen LogP contribution in [0.25, 0.3) is 0 Å². The van der Waals surface area contributed by atoms with E-state index in [1.54, 1.807) is 6.20 Å². The van der Waals surface area contributed by atoms with Gasteiger partial charge >= 0.3 is 0 Å². The molecule has 0 aromatic heterocycles. The zero-order valence-corrected chi connectivity index (χ0v) is 7.74. The molecule has 0 bridgehead atoms. The largest absolute Gasteiger partial charge is 0.306 e. The molecule has 0 aromatic carbocycles. The van der Waals surface area contributed by atoms with Crippen molar-refractivity contribution in [3.05, 3.63) is 12.8 Å². The molecule has 1 fully saturated rings. The smallest absolute Gasteiger partial charge is 0.0543 e. The molecule has 0 N–H and O–H groups in total. The highest BCUT2D eigenvalue weighted by molar-refractivity contribution is 5.23. The zero-order chi connectivity index (χ0) is 8.97. The lowest BCUT2D eigenvalue weighted by Gasteiger charge is -2.33. The molecule has 0 aliphatic carbocycles. The van der Waals surface area contributed by atoms with E-state index in [1.807, 2.05) is 5.01 Å². The quantitative estimate of drug-likeness (QED) is 0.463. The second-order valence-electron chi connectivity index (χ2n) is 3.24. The molecular formula is C9H17N3. The van der Waals surface area contributed by atoms with Crippen LogP contribution in [0.4, 0.5) is 0 Å². The number of hydrogen-bond donors (Lipinski definition) is 0. The van der Waals surface area contributed by atoms with Gasteiger partial charge in [0, 0.05) is 12.9 Å². The van der Waals surface area contributed by atoms with E-state index in [1.165, 1.54) is 0 Å². The fourth-order valence-corrected chi connectivity index (χ4v) is 1.58. The van der Waals surface area contributed by atoms with Crippen molar-refractivity contribution >= 4 is 6.72 Å². The molecule has 3 nitrogen and oxygen atoms in total. The summed E-state index contributed by atoms with van der Waals surface area (Å²) in [7, 11) is 2.15. The van der Waals surface area contributed by atoms with Crippen molar-refractivity contribution in [2.75, 3.05) is 20.1 Å². The summed E-state index contributed by atoms with van der Waals surface area (Å²) >= 11 is 0. The summed E-state index contributed by atoms with van der Waals surface area (Å²) in [6, 6.07) is 0.510. The van der Waals surface area contributed by atoms with E-state index >= 15 is 0 Å². The van der Waals surface area contributed by atoms with Crippen LogP contribution in [0.5, 0.6) is 0 Å². The normalized spacial score (nSPS) is 20.4. The maximum Gasteiger partial charge on any atom is 0.0543 e. The standard InChI is InChI=1S/C9H17N3/c1-4-12(10-2)9-5-7-11(3)8-6-9/h4,9H,1-2,5-8H2,3H3. The molecule has 3 heteroatoms. The third kappa shape index (κ3) is 2.08. The minimum atomic E-state index is 0.510. The first kappa shape index (κ1) is 9.26. The van der Waals surface area contributed by atoms with E-state index in [9.17, 15) is 0 Å². The van der Waals surface area contributed by atoms with Crippen molar-refractivity contribution in [1.29, 1.82) is 0 Å². The van der Waals surface area contributed by atoms with Crippen molar-refractivity contribution in [3.63, 3.8) is 0 Å². The van der Waals surface area contributed by atoms with Crippen LogP contribution in [0.1, 0.15) is 12.8 Å². The topological polar surface area (TPSA) is 18.8 Å². The van der Waals surface area contributed by atoms with Crippen LogP contribution in [0, 0.1) is 0 Å². The predicted octanol–water partition coefficient (Wildman–Crippen LogP) is 1.14. The summed E-state index contributed by atoms with van der Waals surface area (Å²) in [6.45, 7) is 9.51. The molecule has 1 aliphatic heterocycles. The van der Waals surface area contributed by atoms with Crippen LogP contribution >= 0.6 is 0 Å². The second-order valence-corrected chi connectivity index (χ2v) is 3.24. The Labute approximate surface area is 74.3 Å². The highest BCUT2D eigenvalue weighted by Crippen LogP contribution is 2.15. The summed E-state index contributed by atoms with van der Waals surface area (Å²) in [4.78, 5) is 2.33. The second kappa shape index (κ2) is 4.26. The van der Waals surface area contributed by atoms with E-state index in [4.69, 9.17) is 0 Å². The first-order valence-electron chi connectivity index (χ1n) is 4.34. The van der Waals surface area contributed by atoms with Gasteiger partial charge in [0.1, 0.15) is 0 Å². The van der Waals surface area contributed by atoms with E-state index in [-0.39, 0.29) is 0 Å². The fraction of sp³-hybridized carbons (Fsp3) is 0.667. The number of piperidine rings is 1. The van der Waals surface area contributed by atoms with Gasteiger partial charge in [-0.05, 0) is 33.0 Å². The van der Waals surface area contributed by atoms with E-state index < -0.39 is 0 Å². The van der Waals surface area contributed by atoms with Gasteiger partial charge in [0.05, 0.1) is 6.04 Å². The van der Waals surface area contributed by atoms with Gasteiger partial charge in [-0.3, -0.25) is 5.01 Å². The molecule has 1 aliphatic rings. The SMILES string of the molecule is C=CN(N=C)C1CCN(C)CC1. The van der Waals surface area contributed by atoms with Gasteiger partial charge in [-0.25, -0.2) is 0 Å². The Kier molecular flexibility index (Phi) is 3.29. The van der Waals surface area contributed by atoms with Crippen LogP contribution in [0.2, 0.25) is 0 Å². The van der Waals surface area contributed by atoms with Crippen LogP contribution in [-0.4, -0.2) is 42.8 Å². The molecule has 1 saturated heterocycles. The van der Waals surface area contributed by atoms with Gasteiger partial charge in [0.25, 0.3) is 0 Å². The Morgan fingerprint density at radius 1 is 1.50 bits per heavy atom. The third-order valence-electron chi connectivity index (χ3n) is 2.41. The molecular weight excluding hydrogens is 150 g/mol. The monoisotopic (exact) mass is 167 g/mol. The molecule has 0 aromatic rings. The molecule has 68 valence electrons. The molecule has 0 atom stereocenters. The average molecular weight is 167 g/mol. The number of rotatable bonds is 3. The molecule has 0 radical (unpaired) electrons. The van der Waals surface area contributed by atoms with Crippen molar-refractivity contribution in [2.24, 2.45) is 5.10 Å². The minimum Gasteiger partial charge on any atom is -0.306 e. The van der Waals surface area contributed by atoms with Crippen molar-refractivity contribution in [1.82, 2.24) is 9.91 Å². The zero-order valence-electron chi connectivity index (χ0n) is 7.74. The number of nitrogens with zero attached hydrogens (tertiary/aromatic N) is 3. The molecule has 1 rings (SSSR count).